The summed E-state index contributed by atoms with van der Waals surface area (Å²) in [6.07, 6.45) is 13.4. The number of alkyl halides is 1. The van der Waals surface area contributed by atoms with E-state index in [0.29, 0.717) is 15.7 Å². The van der Waals surface area contributed by atoms with Crippen molar-refractivity contribution in [2.75, 3.05) is 0 Å². The Morgan fingerprint density at radius 2 is 1.58 bits per heavy atom. The van der Waals surface area contributed by atoms with Crippen molar-refractivity contribution in [3.8, 4) is 0 Å². The van der Waals surface area contributed by atoms with Crippen LogP contribution in [0.1, 0.15) is 84.5 Å². The molecule has 5 saturated carbocycles. The molecule has 2 N–H and O–H groups in total. The first-order valence-electron chi connectivity index (χ1n) is 11.3. The van der Waals surface area contributed by atoms with Crippen LogP contribution in [0.25, 0.3) is 0 Å². The number of fused-ring (bicyclic) bond motifs is 4. The van der Waals surface area contributed by atoms with E-state index < -0.39 is 0 Å². The van der Waals surface area contributed by atoms with Gasteiger partial charge in [-0.25, -0.2) is 0 Å². The Balaban J connectivity index is 1.49. The third-order valence-electron chi connectivity index (χ3n) is 10.8. The number of aliphatic hydroxyl groups excluding tert-OH is 2. The summed E-state index contributed by atoms with van der Waals surface area (Å²) >= 11 is 3.84. The van der Waals surface area contributed by atoms with Crippen LogP contribution >= 0.6 is 15.9 Å². The smallest absolute Gasteiger partial charge is 0.0726 e. The third-order valence-corrected chi connectivity index (χ3v) is 11.8. The van der Waals surface area contributed by atoms with Crippen molar-refractivity contribution in [2.24, 2.45) is 39.9 Å². The second-order valence-electron chi connectivity index (χ2n) is 11.3. The summed E-state index contributed by atoms with van der Waals surface area (Å²) in [5.74, 6) is 3.14. The fraction of sp³-hybridized carbons (Fsp3) is 1.00. The molecule has 3 heteroatoms. The molecule has 5 rings (SSSR count). The van der Waals surface area contributed by atoms with Crippen molar-refractivity contribution >= 4 is 15.9 Å². The summed E-state index contributed by atoms with van der Waals surface area (Å²) in [7, 11) is 0. The van der Waals surface area contributed by atoms with Gasteiger partial charge in [-0.3, -0.25) is 0 Å². The Labute approximate surface area is 167 Å². The van der Waals surface area contributed by atoms with Gasteiger partial charge >= 0.3 is 0 Å². The average molecular weight is 425 g/mol. The first kappa shape index (κ1) is 18.4. The molecule has 5 fully saturated rings. The first-order valence-corrected chi connectivity index (χ1v) is 12.2. The molecule has 0 saturated heterocycles. The minimum Gasteiger partial charge on any atom is -0.393 e. The normalized spacial score (nSPS) is 62.0. The highest BCUT2D eigenvalue weighted by atomic mass is 79.9. The summed E-state index contributed by atoms with van der Waals surface area (Å²) in [5, 5.41) is 21.7. The van der Waals surface area contributed by atoms with E-state index in [2.05, 4.69) is 29.8 Å². The van der Waals surface area contributed by atoms with E-state index in [1.54, 1.807) is 0 Å². The fourth-order valence-electron chi connectivity index (χ4n) is 9.32. The van der Waals surface area contributed by atoms with E-state index >= 15 is 0 Å². The highest BCUT2D eigenvalue weighted by Crippen LogP contribution is 2.72. The molecule has 0 aromatic rings. The molecule has 0 amide bonds. The lowest BCUT2D eigenvalue weighted by Gasteiger charge is -2.66. The van der Waals surface area contributed by atoms with E-state index in [1.807, 2.05) is 0 Å². The lowest BCUT2D eigenvalue weighted by Crippen LogP contribution is -2.61. The standard InChI is InChI=1S/C23H37BrO2/c1-21-10-8-16-17(22(21,2)11-7-15(25)13-21)9-12-23-14(3-5-18(16)23)4-6-19(24)20(23)26/h14-20,25-26H,3-13H2,1-2H3/t14-,15-,16?,17?,18?,19?,20?,21?,22-,23+/m1/s1. The molecule has 10 atom stereocenters. The summed E-state index contributed by atoms with van der Waals surface area (Å²) in [6, 6.07) is 0. The van der Waals surface area contributed by atoms with Crippen LogP contribution in [0.15, 0.2) is 0 Å². The molecule has 2 nitrogen and oxygen atoms in total. The topological polar surface area (TPSA) is 40.5 Å². The number of aliphatic hydroxyl groups is 2. The Bertz CT molecular complexity index is 581. The molecule has 0 bridgehead atoms. The van der Waals surface area contributed by atoms with Gasteiger partial charge in [0, 0.05) is 10.2 Å². The molecular formula is C23H37BrO2. The quantitative estimate of drug-likeness (QED) is 0.518. The van der Waals surface area contributed by atoms with Gasteiger partial charge in [-0.15, -0.1) is 0 Å². The molecule has 148 valence electrons. The highest BCUT2D eigenvalue weighted by molar-refractivity contribution is 9.09. The molecule has 0 radical (unpaired) electrons. The van der Waals surface area contributed by atoms with Gasteiger partial charge in [0.25, 0.3) is 0 Å². The molecule has 0 aliphatic heterocycles. The van der Waals surface area contributed by atoms with Crippen LogP contribution in [-0.4, -0.2) is 27.2 Å². The van der Waals surface area contributed by atoms with Crippen molar-refractivity contribution < 1.29 is 10.2 Å². The van der Waals surface area contributed by atoms with E-state index in [4.69, 9.17) is 0 Å². The Morgan fingerprint density at radius 3 is 2.38 bits per heavy atom. The molecule has 26 heavy (non-hydrogen) atoms. The van der Waals surface area contributed by atoms with Crippen molar-refractivity contribution in [1.29, 1.82) is 0 Å². The second-order valence-corrected chi connectivity index (χ2v) is 12.4. The van der Waals surface area contributed by atoms with Crippen LogP contribution in [0.3, 0.4) is 0 Å². The molecular weight excluding hydrogens is 388 g/mol. The van der Waals surface area contributed by atoms with Crippen molar-refractivity contribution in [1.82, 2.24) is 0 Å². The maximum atomic E-state index is 11.3. The van der Waals surface area contributed by atoms with Crippen molar-refractivity contribution in [2.45, 2.75) is 102 Å². The van der Waals surface area contributed by atoms with Gasteiger partial charge in [-0.2, -0.15) is 0 Å². The first-order chi connectivity index (χ1) is 12.3. The van der Waals surface area contributed by atoms with E-state index in [0.717, 1.165) is 42.9 Å². The third kappa shape index (κ3) is 2.17. The Morgan fingerprint density at radius 1 is 0.808 bits per heavy atom. The van der Waals surface area contributed by atoms with Gasteiger partial charge in [-0.05, 0) is 105 Å². The zero-order valence-electron chi connectivity index (χ0n) is 16.6. The van der Waals surface area contributed by atoms with Crippen LogP contribution in [0.5, 0.6) is 0 Å². The molecule has 5 aliphatic carbocycles. The maximum absolute atomic E-state index is 11.3. The summed E-state index contributed by atoms with van der Waals surface area (Å²) in [4.78, 5) is 0.310. The van der Waals surface area contributed by atoms with Crippen LogP contribution < -0.4 is 0 Å². The fourth-order valence-corrected chi connectivity index (χ4v) is 10.1. The van der Waals surface area contributed by atoms with Gasteiger partial charge in [0.15, 0.2) is 0 Å². The van der Waals surface area contributed by atoms with E-state index in [1.165, 1.54) is 51.4 Å². The minimum absolute atomic E-state index is 0.0789. The molecule has 0 aromatic heterocycles. The molecule has 0 aromatic carbocycles. The molecule has 5 aliphatic rings. The molecule has 0 heterocycles. The monoisotopic (exact) mass is 424 g/mol. The van der Waals surface area contributed by atoms with Gasteiger partial charge in [0.2, 0.25) is 0 Å². The second kappa shape index (κ2) is 5.95. The zero-order chi connectivity index (χ0) is 18.3. The summed E-state index contributed by atoms with van der Waals surface area (Å²) in [6.45, 7) is 5.06. The lowest BCUT2D eigenvalue weighted by atomic mass is 9.39. The van der Waals surface area contributed by atoms with E-state index in [9.17, 15) is 10.2 Å². The van der Waals surface area contributed by atoms with Crippen LogP contribution in [0.4, 0.5) is 0 Å². The number of hydrogen-bond donors (Lipinski definition) is 2. The van der Waals surface area contributed by atoms with Crippen LogP contribution in [0.2, 0.25) is 0 Å². The Kier molecular flexibility index (Phi) is 4.22. The lowest BCUT2D eigenvalue weighted by molar-refractivity contribution is -0.192. The number of halogens is 1. The van der Waals surface area contributed by atoms with E-state index in [-0.39, 0.29) is 17.6 Å². The number of rotatable bonds is 0. The maximum Gasteiger partial charge on any atom is 0.0726 e. The SMILES string of the molecule is CC12CCC3C4CC[C@@H]5CCC(Br)C(O)[C@]45CCC3[C@@]1(C)CC[C@@H](O)C2. The predicted octanol–water partition coefficient (Wildman–Crippen LogP) is 5.29. The van der Waals surface area contributed by atoms with Crippen molar-refractivity contribution in [3.63, 3.8) is 0 Å². The summed E-state index contributed by atoms with van der Waals surface area (Å²) < 4.78 is 0. The largest absolute Gasteiger partial charge is 0.393 e. The predicted molar refractivity (Wildman–Crippen MR) is 108 cm³/mol. The average Bonchev–Trinajstić information content (AvgIpc) is 3.00. The summed E-state index contributed by atoms with van der Waals surface area (Å²) in [5.41, 5.74) is 0.922. The molecule has 6 unspecified atom stereocenters. The highest BCUT2D eigenvalue weighted by Gasteiger charge is 2.67. The van der Waals surface area contributed by atoms with Crippen LogP contribution in [0, 0.1) is 39.9 Å². The van der Waals surface area contributed by atoms with Crippen LogP contribution in [-0.2, 0) is 0 Å². The van der Waals surface area contributed by atoms with Gasteiger partial charge in [-0.1, -0.05) is 29.8 Å². The van der Waals surface area contributed by atoms with Crippen molar-refractivity contribution in [3.05, 3.63) is 0 Å². The zero-order valence-corrected chi connectivity index (χ0v) is 18.2. The molecule has 1 spiro atoms. The van der Waals surface area contributed by atoms with Gasteiger partial charge < -0.3 is 10.2 Å². The minimum atomic E-state index is -0.135. The van der Waals surface area contributed by atoms with Gasteiger partial charge in [0.1, 0.15) is 0 Å². The number of hydrogen-bond acceptors (Lipinski definition) is 2. The van der Waals surface area contributed by atoms with Gasteiger partial charge in [0.05, 0.1) is 12.2 Å². The Hall–Kier alpha value is 0.400.